The lowest BCUT2D eigenvalue weighted by atomic mass is 10.1. The van der Waals surface area contributed by atoms with Crippen LogP contribution in [0.1, 0.15) is 40.5 Å². The van der Waals surface area contributed by atoms with E-state index in [9.17, 15) is 0 Å². The van der Waals surface area contributed by atoms with E-state index in [4.69, 9.17) is 4.74 Å². The molecule has 0 aromatic heterocycles. The Hall–Kier alpha value is -0.120. The summed E-state index contributed by atoms with van der Waals surface area (Å²) in [7, 11) is 0. The Labute approximate surface area is 101 Å². The molecule has 1 fully saturated rings. The maximum Gasteiger partial charge on any atom is 0.0622 e. The molecule has 0 bridgehead atoms. The van der Waals surface area contributed by atoms with E-state index in [2.05, 4.69) is 37.9 Å². The molecule has 3 nitrogen and oxygen atoms in total. The SMILES string of the molecule is CCC(CNC(C)C)N1CCOCC1CC. The third-order valence-electron chi connectivity index (χ3n) is 3.45. The van der Waals surface area contributed by atoms with Gasteiger partial charge in [0.2, 0.25) is 0 Å². The van der Waals surface area contributed by atoms with Gasteiger partial charge in [-0.2, -0.15) is 0 Å². The predicted molar refractivity (Wildman–Crippen MR) is 68.8 cm³/mol. The lowest BCUT2D eigenvalue weighted by molar-refractivity contribution is -0.0307. The van der Waals surface area contributed by atoms with Crippen LogP contribution >= 0.6 is 0 Å². The topological polar surface area (TPSA) is 24.5 Å². The molecule has 1 aliphatic rings. The fraction of sp³-hybridized carbons (Fsp3) is 1.00. The zero-order chi connectivity index (χ0) is 12.0. The van der Waals surface area contributed by atoms with Gasteiger partial charge in [0, 0.05) is 31.2 Å². The van der Waals surface area contributed by atoms with Crippen LogP contribution in [0.5, 0.6) is 0 Å². The summed E-state index contributed by atoms with van der Waals surface area (Å²) in [6, 6.07) is 1.86. The minimum Gasteiger partial charge on any atom is -0.378 e. The van der Waals surface area contributed by atoms with Crippen molar-refractivity contribution in [2.75, 3.05) is 26.3 Å². The van der Waals surface area contributed by atoms with Crippen molar-refractivity contribution in [1.29, 1.82) is 0 Å². The number of ether oxygens (including phenoxy) is 1. The van der Waals surface area contributed by atoms with Crippen molar-refractivity contribution in [2.45, 2.75) is 58.7 Å². The molecule has 0 aromatic carbocycles. The average molecular weight is 228 g/mol. The molecule has 0 amide bonds. The third kappa shape index (κ3) is 4.04. The maximum atomic E-state index is 5.56. The number of nitrogens with one attached hydrogen (secondary N) is 1. The second-order valence-corrected chi connectivity index (χ2v) is 5.00. The summed E-state index contributed by atoms with van der Waals surface area (Å²) in [4.78, 5) is 2.64. The van der Waals surface area contributed by atoms with Crippen LogP contribution in [0.2, 0.25) is 0 Å². The van der Waals surface area contributed by atoms with Crippen molar-refractivity contribution in [1.82, 2.24) is 10.2 Å². The number of rotatable bonds is 6. The highest BCUT2D eigenvalue weighted by molar-refractivity contribution is 4.82. The Morgan fingerprint density at radius 1 is 1.38 bits per heavy atom. The van der Waals surface area contributed by atoms with Crippen molar-refractivity contribution >= 4 is 0 Å². The lowest BCUT2D eigenvalue weighted by Crippen LogP contribution is -2.53. The first-order valence-electron chi connectivity index (χ1n) is 6.75. The summed E-state index contributed by atoms with van der Waals surface area (Å²) in [6.07, 6.45) is 2.41. The van der Waals surface area contributed by atoms with Gasteiger partial charge in [-0.15, -0.1) is 0 Å². The highest BCUT2D eigenvalue weighted by atomic mass is 16.5. The Morgan fingerprint density at radius 2 is 2.12 bits per heavy atom. The van der Waals surface area contributed by atoms with Gasteiger partial charge < -0.3 is 10.1 Å². The molecule has 1 heterocycles. The Balaban J connectivity index is 2.48. The summed E-state index contributed by atoms with van der Waals surface area (Å²) < 4.78 is 5.56. The standard InChI is InChI=1S/C13H28N2O/c1-5-12(9-14-11(3)4)15-7-8-16-10-13(15)6-2/h11-14H,5-10H2,1-4H3. The van der Waals surface area contributed by atoms with E-state index in [1.807, 2.05) is 0 Å². The molecule has 1 aliphatic heterocycles. The van der Waals surface area contributed by atoms with Gasteiger partial charge in [0.25, 0.3) is 0 Å². The van der Waals surface area contributed by atoms with Crippen LogP contribution in [0, 0.1) is 0 Å². The molecule has 0 aliphatic carbocycles. The van der Waals surface area contributed by atoms with E-state index in [-0.39, 0.29) is 0 Å². The molecule has 0 aromatic rings. The summed E-state index contributed by atoms with van der Waals surface area (Å²) in [6.45, 7) is 13.0. The molecule has 2 atom stereocenters. The highest BCUT2D eigenvalue weighted by Gasteiger charge is 2.26. The molecule has 1 rings (SSSR count). The van der Waals surface area contributed by atoms with Crippen LogP contribution in [0.4, 0.5) is 0 Å². The van der Waals surface area contributed by atoms with E-state index in [0.717, 1.165) is 26.3 Å². The van der Waals surface area contributed by atoms with Crippen molar-refractivity contribution in [3.8, 4) is 0 Å². The first kappa shape index (κ1) is 13.9. The predicted octanol–water partition coefficient (Wildman–Crippen LogP) is 1.87. The summed E-state index contributed by atoms with van der Waals surface area (Å²) in [5.41, 5.74) is 0. The van der Waals surface area contributed by atoms with Crippen LogP contribution in [-0.4, -0.2) is 49.3 Å². The van der Waals surface area contributed by atoms with Crippen LogP contribution in [0.15, 0.2) is 0 Å². The fourth-order valence-electron chi connectivity index (χ4n) is 2.37. The molecule has 0 spiro atoms. The number of hydrogen-bond donors (Lipinski definition) is 1. The average Bonchev–Trinajstić information content (AvgIpc) is 2.30. The Bertz CT molecular complexity index is 185. The fourth-order valence-corrected chi connectivity index (χ4v) is 2.37. The lowest BCUT2D eigenvalue weighted by Gasteiger charge is -2.40. The Morgan fingerprint density at radius 3 is 2.69 bits per heavy atom. The zero-order valence-electron chi connectivity index (χ0n) is 11.3. The van der Waals surface area contributed by atoms with Crippen molar-refractivity contribution in [3.63, 3.8) is 0 Å². The van der Waals surface area contributed by atoms with Crippen LogP contribution in [0.3, 0.4) is 0 Å². The Kier molecular flexibility index (Phi) is 6.32. The molecule has 0 radical (unpaired) electrons. The first-order chi connectivity index (χ1) is 7.69. The zero-order valence-corrected chi connectivity index (χ0v) is 11.3. The first-order valence-corrected chi connectivity index (χ1v) is 6.75. The van der Waals surface area contributed by atoms with Gasteiger partial charge in [-0.05, 0) is 12.8 Å². The van der Waals surface area contributed by atoms with Gasteiger partial charge in [0.1, 0.15) is 0 Å². The van der Waals surface area contributed by atoms with Crippen LogP contribution < -0.4 is 5.32 Å². The molecule has 1 saturated heterocycles. The summed E-state index contributed by atoms with van der Waals surface area (Å²) in [5, 5.41) is 3.56. The van der Waals surface area contributed by atoms with E-state index in [1.165, 1.54) is 12.8 Å². The summed E-state index contributed by atoms with van der Waals surface area (Å²) >= 11 is 0. The van der Waals surface area contributed by atoms with E-state index in [0.29, 0.717) is 18.1 Å². The van der Waals surface area contributed by atoms with Gasteiger partial charge in [-0.25, -0.2) is 0 Å². The highest BCUT2D eigenvalue weighted by Crippen LogP contribution is 2.15. The summed E-state index contributed by atoms with van der Waals surface area (Å²) in [5.74, 6) is 0. The van der Waals surface area contributed by atoms with E-state index < -0.39 is 0 Å². The van der Waals surface area contributed by atoms with Crippen molar-refractivity contribution in [3.05, 3.63) is 0 Å². The minimum atomic E-state index is 0.579. The van der Waals surface area contributed by atoms with E-state index >= 15 is 0 Å². The van der Waals surface area contributed by atoms with Gasteiger partial charge in [-0.1, -0.05) is 27.7 Å². The molecule has 3 heteroatoms. The molecule has 1 N–H and O–H groups in total. The maximum absolute atomic E-state index is 5.56. The quantitative estimate of drug-likeness (QED) is 0.751. The molecule has 96 valence electrons. The number of hydrogen-bond acceptors (Lipinski definition) is 3. The monoisotopic (exact) mass is 228 g/mol. The second-order valence-electron chi connectivity index (χ2n) is 5.00. The van der Waals surface area contributed by atoms with Gasteiger partial charge in [-0.3, -0.25) is 4.90 Å². The molecular weight excluding hydrogens is 200 g/mol. The number of nitrogens with zero attached hydrogens (tertiary/aromatic N) is 1. The second kappa shape index (κ2) is 7.25. The molecule has 0 saturated carbocycles. The van der Waals surface area contributed by atoms with Gasteiger partial charge in [0.15, 0.2) is 0 Å². The van der Waals surface area contributed by atoms with Crippen molar-refractivity contribution < 1.29 is 4.74 Å². The van der Waals surface area contributed by atoms with Crippen LogP contribution in [0.25, 0.3) is 0 Å². The number of morpholine rings is 1. The molecule has 2 unspecified atom stereocenters. The smallest absolute Gasteiger partial charge is 0.0622 e. The van der Waals surface area contributed by atoms with Crippen molar-refractivity contribution in [2.24, 2.45) is 0 Å². The molecular formula is C13H28N2O. The van der Waals surface area contributed by atoms with Gasteiger partial charge in [0.05, 0.1) is 13.2 Å². The third-order valence-corrected chi connectivity index (χ3v) is 3.45. The minimum absolute atomic E-state index is 0.579. The largest absolute Gasteiger partial charge is 0.378 e. The molecule has 16 heavy (non-hydrogen) atoms. The normalized spacial score (nSPS) is 24.9. The van der Waals surface area contributed by atoms with Gasteiger partial charge >= 0.3 is 0 Å². The van der Waals surface area contributed by atoms with Crippen LogP contribution in [-0.2, 0) is 4.74 Å². The van der Waals surface area contributed by atoms with E-state index in [1.54, 1.807) is 0 Å².